The SMILES string of the molecule is C#Cc1cccc(Nc2ncnn3ccc(CN4CC[C@@H]([AsH2])[C@H](O)C4)c23)c1. The van der Waals surface area contributed by atoms with E-state index in [-0.39, 0.29) is 6.10 Å². The zero-order valence-electron chi connectivity index (χ0n) is 14.9. The van der Waals surface area contributed by atoms with Crippen molar-refractivity contribution in [3.05, 3.63) is 54.0 Å². The molecule has 3 aromatic rings. The zero-order chi connectivity index (χ0) is 18.8. The predicted octanol–water partition coefficient (Wildman–Crippen LogP) is 1.44. The Morgan fingerprint density at radius 3 is 3.07 bits per heavy atom. The van der Waals surface area contributed by atoms with Crippen LogP contribution in [0.3, 0.4) is 0 Å². The molecule has 1 aliphatic rings. The van der Waals surface area contributed by atoms with Crippen molar-refractivity contribution in [1.29, 1.82) is 0 Å². The van der Waals surface area contributed by atoms with E-state index in [9.17, 15) is 5.11 Å². The van der Waals surface area contributed by atoms with Crippen LogP contribution < -0.4 is 5.32 Å². The molecule has 0 spiro atoms. The molecular weight excluding hydrogens is 401 g/mol. The number of terminal acetylenes is 1. The number of nitrogens with one attached hydrogen (secondary N) is 1. The van der Waals surface area contributed by atoms with Crippen molar-refractivity contribution in [3.63, 3.8) is 0 Å². The van der Waals surface area contributed by atoms with Crippen LogP contribution in [0, 0.1) is 12.3 Å². The summed E-state index contributed by atoms with van der Waals surface area (Å²) in [6, 6.07) is 9.78. The molecule has 1 unspecified atom stereocenters. The average molecular weight is 423 g/mol. The van der Waals surface area contributed by atoms with Crippen molar-refractivity contribution in [2.75, 3.05) is 18.4 Å². The number of aliphatic hydroxyl groups excluding tert-OH is 1. The predicted molar refractivity (Wildman–Crippen MR) is 109 cm³/mol. The van der Waals surface area contributed by atoms with Gasteiger partial charge in [0.15, 0.2) is 0 Å². The van der Waals surface area contributed by atoms with E-state index in [1.54, 1.807) is 23.2 Å². The van der Waals surface area contributed by atoms with Gasteiger partial charge in [0.2, 0.25) is 0 Å². The van der Waals surface area contributed by atoms with Gasteiger partial charge in [-0.3, -0.25) is 0 Å². The molecule has 1 fully saturated rings. The van der Waals surface area contributed by atoms with Crippen LogP contribution in [-0.4, -0.2) is 60.7 Å². The molecule has 0 saturated carbocycles. The number of aromatic nitrogens is 3. The van der Waals surface area contributed by atoms with E-state index in [0.717, 1.165) is 47.7 Å². The summed E-state index contributed by atoms with van der Waals surface area (Å²) in [6.45, 7) is 2.47. The van der Waals surface area contributed by atoms with E-state index in [0.29, 0.717) is 11.3 Å². The number of hydrogen-bond donors (Lipinski definition) is 2. The number of likely N-dealkylation sites (tertiary alicyclic amines) is 1. The molecule has 2 aromatic heterocycles. The van der Waals surface area contributed by atoms with Gasteiger partial charge in [-0.25, -0.2) is 0 Å². The number of hydrogen-bond acceptors (Lipinski definition) is 5. The Balaban J connectivity index is 1.62. The molecule has 4 rings (SSSR count). The third kappa shape index (κ3) is 3.86. The fourth-order valence-corrected chi connectivity index (χ4v) is 4.03. The first kappa shape index (κ1) is 18.1. The molecule has 27 heavy (non-hydrogen) atoms. The number of rotatable bonds is 4. The first-order valence-electron chi connectivity index (χ1n) is 8.95. The van der Waals surface area contributed by atoms with Crippen molar-refractivity contribution in [3.8, 4) is 12.3 Å². The Labute approximate surface area is 167 Å². The topological polar surface area (TPSA) is 65.7 Å². The van der Waals surface area contributed by atoms with E-state index in [1.807, 2.05) is 35.0 Å². The van der Waals surface area contributed by atoms with Crippen LogP contribution in [0.2, 0.25) is 4.71 Å². The van der Waals surface area contributed by atoms with Crippen LogP contribution in [-0.2, 0) is 6.54 Å². The molecule has 1 aliphatic heterocycles. The van der Waals surface area contributed by atoms with Gasteiger partial charge in [-0.1, -0.05) is 5.92 Å². The van der Waals surface area contributed by atoms with Gasteiger partial charge in [-0.2, -0.15) is 0 Å². The van der Waals surface area contributed by atoms with Crippen molar-refractivity contribution in [2.45, 2.75) is 23.8 Å². The Morgan fingerprint density at radius 2 is 2.26 bits per heavy atom. The molecule has 6 nitrogen and oxygen atoms in total. The maximum absolute atomic E-state index is 10.2. The summed E-state index contributed by atoms with van der Waals surface area (Å²) in [5.41, 5.74) is 3.79. The molecule has 1 saturated heterocycles. The van der Waals surface area contributed by atoms with Gasteiger partial charge < -0.3 is 0 Å². The van der Waals surface area contributed by atoms with Crippen molar-refractivity contribution >= 4 is 33.9 Å². The Hall–Kier alpha value is -2.32. The van der Waals surface area contributed by atoms with Gasteiger partial charge in [0, 0.05) is 0 Å². The summed E-state index contributed by atoms with van der Waals surface area (Å²) in [7, 11) is 0. The molecule has 3 heterocycles. The maximum atomic E-state index is 10.2. The molecule has 0 aliphatic carbocycles. The first-order chi connectivity index (χ1) is 13.1. The molecule has 7 heteroatoms. The standard InChI is InChI=1S/C20H22AsN5O/c1-2-14-4-3-5-16(10-14)24-20-19-15(6-9-26(19)23-13-22-20)11-25-8-7-17(21)18(27)12-25/h1,3-6,9-10,13,17-18,27H,7-8,11-12,21H2,(H,22,23,24)/t17-,18-/m1/s1. The van der Waals surface area contributed by atoms with E-state index >= 15 is 0 Å². The van der Waals surface area contributed by atoms with E-state index in [4.69, 9.17) is 6.42 Å². The third-order valence-corrected chi connectivity index (χ3v) is 6.57. The second-order valence-electron chi connectivity index (χ2n) is 6.85. The van der Waals surface area contributed by atoms with E-state index < -0.39 is 0 Å². The summed E-state index contributed by atoms with van der Waals surface area (Å²) < 4.78 is 2.26. The van der Waals surface area contributed by atoms with Gasteiger partial charge in [0.1, 0.15) is 0 Å². The Bertz CT molecular complexity index is 995. The number of β-amino-alcohol motifs (C(OH)–C–C–N with tert-alkyl or cyclic N) is 1. The molecule has 138 valence electrons. The molecular formula is C20H22AsN5O. The summed E-state index contributed by atoms with van der Waals surface area (Å²) in [5.74, 6) is 3.40. The quantitative estimate of drug-likeness (QED) is 0.491. The van der Waals surface area contributed by atoms with Gasteiger partial charge >= 0.3 is 149 Å². The van der Waals surface area contributed by atoms with Crippen LogP contribution in [0.4, 0.5) is 11.5 Å². The van der Waals surface area contributed by atoms with E-state index in [1.165, 1.54) is 0 Å². The van der Waals surface area contributed by atoms with Crippen LogP contribution in [0.25, 0.3) is 5.52 Å². The number of piperidine rings is 1. The molecule has 0 bridgehead atoms. The molecule has 1 aromatic carbocycles. The zero-order valence-corrected chi connectivity index (χ0v) is 17.3. The van der Waals surface area contributed by atoms with Crippen LogP contribution in [0.1, 0.15) is 17.5 Å². The summed E-state index contributed by atoms with van der Waals surface area (Å²) in [6.07, 6.45) is 9.78. The normalized spacial score (nSPS) is 20.5. The number of fused-ring (bicyclic) bond motifs is 1. The summed E-state index contributed by atoms with van der Waals surface area (Å²) >= 11 is 1.63. The second-order valence-corrected chi connectivity index (χ2v) is 8.64. The number of anilines is 2. The number of benzene rings is 1. The minimum atomic E-state index is -0.243. The van der Waals surface area contributed by atoms with Crippen molar-refractivity contribution in [1.82, 2.24) is 19.5 Å². The van der Waals surface area contributed by atoms with Crippen molar-refractivity contribution in [2.24, 2.45) is 0 Å². The van der Waals surface area contributed by atoms with Gasteiger partial charge in [-0.05, 0) is 6.07 Å². The summed E-state index contributed by atoms with van der Waals surface area (Å²) in [5, 5.41) is 17.9. The second kappa shape index (κ2) is 7.74. The molecule has 0 radical (unpaired) electrons. The Kier molecular flexibility index (Phi) is 5.17. The summed E-state index contributed by atoms with van der Waals surface area (Å²) in [4.78, 5) is 6.75. The molecule has 3 atom stereocenters. The van der Waals surface area contributed by atoms with Crippen molar-refractivity contribution < 1.29 is 5.11 Å². The van der Waals surface area contributed by atoms with Crippen LogP contribution in [0.5, 0.6) is 0 Å². The molecule has 2 N–H and O–H groups in total. The monoisotopic (exact) mass is 423 g/mol. The van der Waals surface area contributed by atoms with Crippen LogP contribution in [0.15, 0.2) is 42.9 Å². The number of aliphatic hydroxyl groups is 1. The van der Waals surface area contributed by atoms with E-state index in [2.05, 4.69) is 32.3 Å². The molecule has 0 amide bonds. The van der Waals surface area contributed by atoms with Gasteiger partial charge in [0.05, 0.1) is 0 Å². The fraction of sp³-hybridized carbons (Fsp3) is 0.300. The third-order valence-electron chi connectivity index (χ3n) is 4.94. The fourth-order valence-electron chi connectivity index (χ4n) is 3.46. The minimum absolute atomic E-state index is 0.243. The first-order valence-corrected chi connectivity index (χ1v) is 10.3. The number of nitrogens with zero attached hydrogens (tertiary/aromatic N) is 4. The van der Waals surface area contributed by atoms with Gasteiger partial charge in [0.25, 0.3) is 0 Å². The average Bonchev–Trinajstić information content (AvgIpc) is 3.09. The Morgan fingerprint density at radius 1 is 1.37 bits per heavy atom. The van der Waals surface area contributed by atoms with Gasteiger partial charge in [-0.15, -0.1) is 6.42 Å². The van der Waals surface area contributed by atoms with Crippen LogP contribution >= 0.6 is 0 Å².